The second kappa shape index (κ2) is 9.15. The maximum absolute atomic E-state index is 12.4. The summed E-state index contributed by atoms with van der Waals surface area (Å²) >= 11 is 1.49. The smallest absolute Gasteiger partial charge is 0.347 e. The van der Waals surface area contributed by atoms with Gasteiger partial charge in [0.25, 0.3) is 0 Å². The Morgan fingerprint density at radius 3 is 2.47 bits per heavy atom. The predicted octanol–water partition coefficient (Wildman–Crippen LogP) is 5.79. The molecule has 0 N–H and O–H groups in total. The standard InChI is InChI=1S/C24H18N2O3S/c1-28-22-10-6-5-9-20(22)23(27)29-19-13-11-17(12-14-19)15-25-24-26-21(16-30-24)18-7-3-2-4-8-18/h2-16H,1H3/b25-15+. The average Bonchev–Trinajstić information content (AvgIpc) is 3.28. The molecular formula is C24H18N2O3S. The van der Waals surface area contributed by atoms with Gasteiger partial charge in [-0.3, -0.25) is 0 Å². The normalized spacial score (nSPS) is 10.8. The van der Waals surface area contributed by atoms with Gasteiger partial charge in [0.1, 0.15) is 17.1 Å². The lowest BCUT2D eigenvalue weighted by Gasteiger charge is -2.08. The fourth-order valence-corrected chi connectivity index (χ4v) is 3.46. The van der Waals surface area contributed by atoms with Crippen molar-refractivity contribution in [2.24, 2.45) is 4.99 Å². The second-order valence-corrected chi connectivity index (χ2v) is 7.13. The van der Waals surface area contributed by atoms with Gasteiger partial charge in [-0.2, -0.15) is 0 Å². The van der Waals surface area contributed by atoms with E-state index in [1.165, 1.54) is 18.4 Å². The molecule has 0 atom stereocenters. The number of methoxy groups -OCH3 is 1. The topological polar surface area (TPSA) is 60.8 Å². The number of benzene rings is 3. The van der Waals surface area contributed by atoms with E-state index in [4.69, 9.17) is 9.47 Å². The van der Waals surface area contributed by atoms with Crippen LogP contribution in [0.15, 0.2) is 89.2 Å². The number of thiazole rings is 1. The summed E-state index contributed by atoms with van der Waals surface area (Å²) < 4.78 is 10.6. The minimum absolute atomic E-state index is 0.378. The number of carbonyl (C=O) groups excluding carboxylic acids is 1. The van der Waals surface area contributed by atoms with Crippen LogP contribution in [0.25, 0.3) is 11.3 Å². The van der Waals surface area contributed by atoms with E-state index in [2.05, 4.69) is 9.98 Å². The van der Waals surface area contributed by atoms with Gasteiger partial charge in [-0.1, -0.05) is 42.5 Å². The van der Waals surface area contributed by atoms with Crippen molar-refractivity contribution >= 4 is 28.7 Å². The molecule has 0 aliphatic carbocycles. The number of para-hydroxylation sites is 1. The number of ether oxygens (including phenoxy) is 2. The molecule has 4 aromatic rings. The van der Waals surface area contributed by atoms with Crippen LogP contribution in [0, 0.1) is 0 Å². The van der Waals surface area contributed by atoms with Crippen LogP contribution < -0.4 is 9.47 Å². The number of nitrogens with zero attached hydrogens (tertiary/aromatic N) is 2. The van der Waals surface area contributed by atoms with Crippen molar-refractivity contribution in [2.45, 2.75) is 0 Å². The lowest BCUT2D eigenvalue weighted by molar-refractivity contribution is 0.0731. The van der Waals surface area contributed by atoms with Crippen LogP contribution >= 0.6 is 11.3 Å². The third-order valence-electron chi connectivity index (χ3n) is 4.30. The maximum Gasteiger partial charge on any atom is 0.347 e. The highest BCUT2D eigenvalue weighted by atomic mass is 32.1. The zero-order chi connectivity index (χ0) is 20.8. The van der Waals surface area contributed by atoms with E-state index < -0.39 is 5.97 Å². The van der Waals surface area contributed by atoms with Crippen molar-refractivity contribution in [2.75, 3.05) is 7.11 Å². The summed E-state index contributed by atoms with van der Waals surface area (Å²) in [6.07, 6.45) is 1.74. The molecule has 148 valence electrons. The average molecular weight is 414 g/mol. The van der Waals surface area contributed by atoms with Gasteiger partial charge < -0.3 is 9.47 Å². The van der Waals surface area contributed by atoms with Gasteiger partial charge in [0, 0.05) is 17.2 Å². The summed E-state index contributed by atoms with van der Waals surface area (Å²) in [5.74, 6) is 0.457. The van der Waals surface area contributed by atoms with Crippen molar-refractivity contribution in [3.63, 3.8) is 0 Å². The quantitative estimate of drug-likeness (QED) is 0.228. The van der Waals surface area contributed by atoms with Crippen LogP contribution in [0.1, 0.15) is 15.9 Å². The molecule has 1 aromatic heterocycles. The minimum Gasteiger partial charge on any atom is -0.496 e. The summed E-state index contributed by atoms with van der Waals surface area (Å²) in [4.78, 5) is 21.4. The first-order chi connectivity index (χ1) is 14.7. The van der Waals surface area contributed by atoms with E-state index in [1.54, 1.807) is 42.6 Å². The zero-order valence-electron chi connectivity index (χ0n) is 16.2. The highest BCUT2D eigenvalue weighted by molar-refractivity contribution is 7.13. The number of hydrogen-bond acceptors (Lipinski definition) is 6. The van der Waals surface area contributed by atoms with Gasteiger partial charge in [-0.15, -0.1) is 11.3 Å². The molecule has 1 heterocycles. The fourth-order valence-electron chi connectivity index (χ4n) is 2.79. The Hall–Kier alpha value is -3.77. The van der Waals surface area contributed by atoms with E-state index in [9.17, 15) is 4.79 Å². The third kappa shape index (κ3) is 4.61. The third-order valence-corrected chi connectivity index (χ3v) is 5.05. The Morgan fingerprint density at radius 2 is 1.70 bits per heavy atom. The number of hydrogen-bond donors (Lipinski definition) is 0. The Bertz CT molecular complexity index is 1170. The molecule has 6 heteroatoms. The van der Waals surface area contributed by atoms with Gasteiger partial charge in [0.2, 0.25) is 5.13 Å². The molecule has 3 aromatic carbocycles. The molecule has 0 unspecified atom stereocenters. The Kier molecular flexibility index (Phi) is 5.96. The van der Waals surface area contributed by atoms with Crippen LogP contribution in [0.3, 0.4) is 0 Å². The highest BCUT2D eigenvalue weighted by Gasteiger charge is 2.13. The maximum atomic E-state index is 12.4. The zero-order valence-corrected chi connectivity index (χ0v) is 17.0. The molecule has 4 rings (SSSR count). The van der Waals surface area contributed by atoms with Crippen molar-refractivity contribution in [3.8, 4) is 22.8 Å². The monoisotopic (exact) mass is 414 g/mol. The van der Waals surface area contributed by atoms with Gasteiger partial charge in [0.05, 0.1) is 12.8 Å². The molecular weight excluding hydrogens is 396 g/mol. The van der Waals surface area contributed by atoms with Crippen LogP contribution in [-0.4, -0.2) is 24.3 Å². The summed E-state index contributed by atoms with van der Waals surface area (Å²) in [5.41, 5.74) is 3.23. The molecule has 0 aliphatic heterocycles. The lowest BCUT2D eigenvalue weighted by atomic mass is 10.2. The summed E-state index contributed by atoms with van der Waals surface area (Å²) in [6, 6.07) is 24.1. The largest absolute Gasteiger partial charge is 0.496 e. The number of aliphatic imine (C=N–C) groups is 1. The van der Waals surface area contributed by atoms with E-state index in [0.717, 1.165) is 16.8 Å². The van der Waals surface area contributed by atoms with Gasteiger partial charge >= 0.3 is 5.97 Å². The van der Waals surface area contributed by atoms with Crippen LogP contribution in [0.4, 0.5) is 5.13 Å². The van der Waals surface area contributed by atoms with Gasteiger partial charge in [0.15, 0.2) is 0 Å². The molecule has 0 aliphatic rings. The van der Waals surface area contributed by atoms with Crippen molar-refractivity contribution in [1.29, 1.82) is 0 Å². The van der Waals surface area contributed by atoms with Crippen molar-refractivity contribution < 1.29 is 14.3 Å². The summed E-state index contributed by atoms with van der Waals surface area (Å²) in [7, 11) is 1.52. The highest BCUT2D eigenvalue weighted by Crippen LogP contribution is 2.26. The van der Waals surface area contributed by atoms with Crippen molar-refractivity contribution in [3.05, 3.63) is 95.4 Å². The SMILES string of the molecule is COc1ccccc1C(=O)Oc1ccc(/C=N/c2nc(-c3ccccc3)cs2)cc1. The Labute approximate surface area is 178 Å². The first-order valence-corrected chi connectivity index (χ1v) is 10.1. The molecule has 0 radical (unpaired) electrons. The predicted molar refractivity (Wildman–Crippen MR) is 119 cm³/mol. The Morgan fingerprint density at radius 1 is 0.967 bits per heavy atom. The second-order valence-electron chi connectivity index (χ2n) is 6.30. The van der Waals surface area contributed by atoms with E-state index >= 15 is 0 Å². The molecule has 0 fully saturated rings. The molecule has 0 saturated carbocycles. The van der Waals surface area contributed by atoms with Crippen LogP contribution in [-0.2, 0) is 0 Å². The lowest BCUT2D eigenvalue weighted by Crippen LogP contribution is -2.10. The van der Waals surface area contributed by atoms with Crippen LogP contribution in [0.2, 0.25) is 0 Å². The van der Waals surface area contributed by atoms with Crippen molar-refractivity contribution in [1.82, 2.24) is 4.98 Å². The van der Waals surface area contributed by atoms with Crippen LogP contribution in [0.5, 0.6) is 11.5 Å². The van der Waals surface area contributed by atoms with Gasteiger partial charge in [-0.25, -0.2) is 14.8 Å². The molecule has 5 nitrogen and oxygen atoms in total. The first kappa shape index (κ1) is 19.5. The summed E-state index contributed by atoms with van der Waals surface area (Å²) in [5, 5.41) is 2.67. The molecule has 30 heavy (non-hydrogen) atoms. The number of carbonyl (C=O) groups is 1. The number of esters is 1. The molecule has 0 saturated heterocycles. The number of rotatable bonds is 6. The minimum atomic E-state index is -0.468. The molecule has 0 amide bonds. The summed E-state index contributed by atoms with van der Waals surface area (Å²) in [6.45, 7) is 0. The van der Waals surface area contributed by atoms with E-state index in [-0.39, 0.29) is 0 Å². The molecule has 0 bridgehead atoms. The van der Waals surface area contributed by atoms with E-state index in [1.807, 2.05) is 47.8 Å². The van der Waals surface area contributed by atoms with Gasteiger partial charge in [-0.05, 0) is 42.0 Å². The molecule has 0 spiro atoms. The van der Waals surface area contributed by atoms with E-state index in [0.29, 0.717) is 22.2 Å². The first-order valence-electron chi connectivity index (χ1n) is 9.23. The fraction of sp³-hybridized carbons (Fsp3) is 0.0417. The Balaban J connectivity index is 1.41. The number of aromatic nitrogens is 1.